The van der Waals surface area contributed by atoms with E-state index in [9.17, 15) is 9.90 Å². The van der Waals surface area contributed by atoms with Crippen molar-refractivity contribution in [2.75, 3.05) is 11.9 Å². The number of rotatable bonds is 7. The predicted octanol–water partition coefficient (Wildman–Crippen LogP) is 2.40. The van der Waals surface area contributed by atoms with E-state index >= 15 is 0 Å². The Hall–Kier alpha value is -3.68. The van der Waals surface area contributed by atoms with E-state index in [1.165, 1.54) is 5.56 Å². The van der Waals surface area contributed by atoms with Gasteiger partial charge in [-0.3, -0.25) is 4.52 Å². The van der Waals surface area contributed by atoms with Crippen LogP contribution in [0, 0.1) is 0 Å². The molecule has 0 saturated carbocycles. The number of anilines is 1. The maximum atomic E-state index is 12.1. The second-order valence-electron chi connectivity index (χ2n) is 6.40. The molecule has 0 spiro atoms. The van der Waals surface area contributed by atoms with Crippen molar-refractivity contribution < 1.29 is 23.8 Å². The van der Waals surface area contributed by atoms with Gasteiger partial charge in [-0.15, -0.1) is 0 Å². The van der Waals surface area contributed by atoms with Crippen molar-refractivity contribution in [3.63, 3.8) is 0 Å². The van der Waals surface area contributed by atoms with E-state index in [1.54, 1.807) is 42.1 Å². The van der Waals surface area contributed by atoms with Gasteiger partial charge in [-0.25, -0.2) is 9.79 Å². The summed E-state index contributed by atoms with van der Waals surface area (Å²) in [5.74, 6) is -0.309. The third kappa shape index (κ3) is 5.65. The number of amidine groups is 1. The molecule has 3 aromatic rings. The number of hydrogen-bond donors (Lipinski definition) is 1. The Bertz CT molecular complexity index is 968. The van der Waals surface area contributed by atoms with Gasteiger partial charge in [0.25, 0.3) is 6.20 Å². The summed E-state index contributed by atoms with van der Waals surface area (Å²) in [6, 6.07) is 15.8. The topological polar surface area (TPSA) is 104 Å². The summed E-state index contributed by atoms with van der Waals surface area (Å²) in [7, 11) is 0. The highest BCUT2D eigenvalue weighted by Crippen LogP contribution is 2.13. The molecule has 8 heteroatoms. The van der Waals surface area contributed by atoms with Gasteiger partial charge in [0.1, 0.15) is 0 Å². The van der Waals surface area contributed by atoms with Gasteiger partial charge in [-0.05, 0) is 41.4 Å². The molecule has 150 valence electrons. The Labute approximate surface area is 168 Å². The van der Waals surface area contributed by atoms with Crippen LogP contribution in [-0.4, -0.2) is 23.9 Å². The lowest BCUT2D eigenvalue weighted by molar-refractivity contribution is -0.782. The molecule has 0 radical (unpaired) electrons. The Balaban J connectivity index is 1.61. The molecule has 0 amide bonds. The van der Waals surface area contributed by atoms with Crippen molar-refractivity contribution in [1.82, 2.24) is 5.27 Å². The fourth-order valence-electron chi connectivity index (χ4n) is 2.71. The minimum Gasteiger partial charge on any atom is -0.846 e. The molecule has 8 nitrogen and oxygen atoms in total. The molecule has 0 aliphatic heterocycles. The lowest BCUT2D eigenvalue weighted by atomic mass is 10.1. The third-order valence-corrected chi connectivity index (χ3v) is 4.16. The zero-order valence-electron chi connectivity index (χ0n) is 16.2. The first-order chi connectivity index (χ1) is 14.0. The number of benzene rings is 2. The molecule has 0 fully saturated rings. The van der Waals surface area contributed by atoms with Crippen LogP contribution in [0.25, 0.3) is 0 Å². The lowest BCUT2D eigenvalue weighted by Crippen LogP contribution is -2.39. The number of carbonyl (C=O) groups is 1. The fraction of sp³-hybridized carbons (Fsp3) is 0.238. The fourth-order valence-corrected chi connectivity index (χ4v) is 2.71. The summed E-state index contributed by atoms with van der Waals surface area (Å²) in [5, 5.41) is 18.7. The highest BCUT2D eigenvalue weighted by molar-refractivity contribution is 5.91. The highest BCUT2D eigenvalue weighted by Gasteiger charge is 2.19. The normalized spacial score (nSPS) is 12.4. The Morgan fingerprint density at radius 3 is 2.66 bits per heavy atom. The van der Waals surface area contributed by atoms with Crippen LogP contribution in [0.5, 0.6) is 0 Å². The predicted molar refractivity (Wildman–Crippen MR) is 105 cm³/mol. The monoisotopic (exact) mass is 394 g/mol. The first-order valence-corrected chi connectivity index (χ1v) is 9.27. The summed E-state index contributed by atoms with van der Waals surface area (Å²) in [6.45, 7) is 4.05. The second kappa shape index (κ2) is 9.50. The van der Waals surface area contributed by atoms with Crippen LogP contribution < -0.4 is 15.1 Å². The first-order valence-electron chi connectivity index (χ1n) is 9.27. The van der Waals surface area contributed by atoms with E-state index in [2.05, 4.69) is 15.6 Å². The average Bonchev–Trinajstić information content (AvgIpc) is 3.18. The van der Waals surface area contributed by atoms with Gasteiger partial charge < -0.3 is 15.2 Å². The van der Waals surface area contributed by atoms with Crippen molar-refractivity contribution >= 4 is 23.6 Å². The molecule has 1 N–H and O–H groups in total. The van der Waals surface area contributed by atoms with E-state index < -0.39 is 12.0 Å². The molecule has 0 bridgehead atoms. The summed E-state index contributed by atoms with van der Waals surface area (Å²) in [6.07, 6.45) is 2.35. The maximum absolute atomic E-state index is 12.1. The molecular weight excluding hydrogens is 372 g/mol. The van der Waals surface area contributed by atoms with Crippen LogP contribution in [0.4, 0.5) is 11.6 Å². The zero-order valence-corrected chi connectivity index (χ0v) is 16.2. The molecule has 29 heavy (non-hydrogen) atoms. The smallest absolute Gasteiger partial charge is 0.338 e. The number of aliphatic imine (C=N–C) groups is 1. The number of aromatic nitrogens is 2. The minimum atomic E-state index is -0.604. The quantitative estimate of drug-likeness (QED) is 0.286. The van der Waals surface area contributed by atoms with Crippen LogP contribution in [0.15, 0.2) is 70.3 Å². The first kappa shape index (κ1) is 20.1. The Morgan fingerprint density at radius 2 is 1.97 bits per heavy atom. The van der Waals surface area contributed by atoms with E-state index in [1.807, 2.05) is 37.3 Å². The largest absolute Gasteiger partial charge is 0.846 e. The molecule has 1 unspecified atom stereocenters. The summed E-state index contributed by atoms with van der Waals surface area (Å²) in [4.78, 5) is 15.5. The van der Waals surface area contributed by atoms with Gasteiger partial charge in [0.15, 0.2) is 6.04 Å². The van der Waals surface area contributed by atoms with Crippen molar-refractivity contribution in [1.29, 1.82) is 0 Å². The number of ether oxygens (including phenoxy) is 1. The maximum Gasteiger partial charge on any atom is 0.338 e. The van der Waals surface area contributed by atoms with Gasteiger partial charge in [-0.1, -0.05) is 30.3 Å². The number of nitrogens with zero attached hydrogens (tertiary/aromatic N) is 3. The van der Waals surface area contributed by atoms with Crippen molar-refractivity contribution in [2.45, 2.75) is 26.3 Å². The van der Waals surface area contributed by atoms with E-state index in [4.69, 9.17) is 9.26 Å². The highest BCUT2D eigenvalue weighted by atomic mass is 16.5. The summed E-state index contributed by atoms with van der Waals surface area (Å²) < 4.78 is 11.7. The standard InChI is InChI=1S/C21H22N4O4/c1-3-28-20(26)17-9-11-18(12-10-17)22-21(27)23-19-14-25(24-29-19)15(2)13-16-7-5-4-6-8-16/h4-12,14-15H,3,13H2,1-2H3,(H-,22,23,24,26,27). The number of carbonyl (C=O) groups excluding carboxylic acids is 1. The van der Waals surface area contributed by atoms with Gasteiger partial charge in [-0.2, -0.15) is 0 Å². The molecule has 0 saturated heterocycles. The number of nitrogens with one attached hydrogen (secondary N) is 1. The van der Waals surface area contributed by atoms with Gasteiger partial charge in [0, 0.05) is 19.0 Å². The van der Waals surface area contributed by atoms with Gasteiger partial charge in [0.2, 0.25) is 5.27 Å². The third-order valence-electron chi connectivity index (χ3n) is 4.16. The number of esters is 1. The van der Waals surface area contributed by atoms with Crippen molar-refractivity contribution in [3.05, 3.63) is 71.9 Å². The molecule has 1 heterocycles. The molecule has 0 aliphatic rings. The van der Waals surface area contributed by atoms with Gasteiger partial charge >= 0.3 is 11.9 Å². The van der Waals surface area contributed by atoms with E-state index in [0.29, 0.717) is 17.9 Å². The summed E-state index contributed by atoms with van der Waals surface area (Å²) >= 11 is 0. The minimum absolute atomic E-state index is 0.0450. The Kier molecular flexibility index (Phi) is 6.57. The molecule has 1 atom stereocenters. The van der Waals surface area contributed by atoms with E-state index in [0.717, 1.165) is 6.42 Å². The van der Waals surface area contributed by atoms with Crippen LogP contribution in [0.1, 0.15) is 35.8 Å². The molecule has 2 aromatic carbocycles. The van der Waals surface area contributed by atoms with Crippen molar-refractivity contribution in [2.24, 2.45) is 4.99 Å². The zero-order chi connectivity index (χ0) is 20.6. The van der Waals surface area contributed by atoms with Crippen LogP contribution in [0.3, 0.4) is 0 Å². The molecule has 0 aliphatic carbocycles. The average molecular weight is 394 g/mol. The molecule has 3 rings (SSSR count). The van der Waals surface area contributed by atoms with E-state index in [-0.39, 0.29) is 11.9 Å². The van der Waals surface area contributed by atoms with Gasteiger partial charge in [0.05, 0.1) is 18.2 Å². The van der Waals surface area contributed by atoms with Crippen LogP contribution >= 0.6 is 0 Å². The van der Waals surface area contributed by atoms with Crippen LogP contribution in [0.2, 0.25) is 0 Å². The SMILES string of the molecule is CCOC(=O)c1ccc(N/C([O-])=N/c2c[n+](C(C)Cc3ccccc3)no2)cc1. The molecular formula is C21H22N4O4. The second-order valence-corrected chi connectivity index (χ2v) is 6.40. The lowest BCUT2D eigenvalue weighted by Gasteiger charge is -2.12. The van der Waals surface area contributed by atoms with Crippen LogP contribution in [-0.2, 0) is 11.2 Å². The van der Waals surface area contributed by atoms with Crippen molar-refractivity contribution in [3.8, 4) is 0 Å². The molecule has 1 aromatic heterocycles. The Morgan fingerprint density at radius 1 is 1.24 bits per heavy atom. The number of hydrogen-bond acceptors (Lipinski definition) is 6. The summed E-state index contributed by atoms with van der Waals surface area (Å²) in [5.41, 5.74) is 2.08.